The zero-order chi connectivity index (χ0) is 14.9. The molecule has 2 aromatic heterocycles. The van der Waals surface area contributed by atoms with E-state index in [2.05, 4.69) is 20.7 Å². The van der Waals surface area contributed by atoms with Crippen molar-refractivity contribution in [2.45, 2.75) is 13.0 Å². The first kappa shape index (κ1) is 13.8. The van der Waals surface area contributed by atoms with E-state index in [0.717, 1.165) is 0 Å². The third kappa shape index (κ3) is 2.27. The summed E-state index contributed by atoms with van der Waals surface area (Å²) in [6.07, 6.45) is 2.78. The minimum atomic E-state index is -1.12. The molecular formula is C12H15N5O3. The second-order valence-corrected chi connectivity index (χ2v) is 4.34. The number of nitrogens with one attached hydrogen (secondary N) is 2. The summed E-state index contributed by atoms with van der Waals surface area (Å²) in [6.45, 7) is 1.65. The average molecular weight is 277 g/mol. The van der Waals surface area contributed by atoms with Crippen molar-refractivity contribution in [2.24, 2.45) is 7.05 Å². The van der Waals surface area contributed by atoms with Crippen molar-refractivity contribution in [1.82, 2.24) is 20.1 Å². The highest BCUT2D eigenvalue weighted by Gasteiger charge is 2.20. The zero-order valence-corrected chi connectivity index (χ0v) is 11.3. The molecular weight excluding hydrogens is 262 g/mol. The summed E-state index contributed by atoms with van der Waals surface area (Å²) in [5.41, 5.74) is 0.884. The SMILES string of the molecule is CNC(=O)C(C)Nc1c(C(=O)O)cnc2c1cnn2C. The summed E-state index contributed by atoms with van der Waals surface area (Å²) in [5.74, 6) is -1.36. The van der Waals surface area contributed by atoms with Crippen LogP contribution in [-0.4, -0.2) is 44.8 Å². The predicted molar refractivity (Wildman–Crippen MR) is 72.6 cm³/mol. The summed E-state index contributed by atoms with van der Waals surface area (Å²) in [4.78, 5) is 26.9. The Morgan fingerprint density at radius 3 is 2.70 bits per heavy atom. The summed E-state index contributed by atoms with van der Waals surface area (Å²) >= 11 is 0. The van der Waals surface area contributed by atoms with Crippen molar-refractivity contribution in [3.05, 3.63) is 18.0 Å². The summed E-state index contributed by atoms with van der Waals surface area (Å²) in [5, 5.41) is 19.3. The fourth-order valence-electron chi connectivity index (χ4n) is 1.91. The van der Waals surface area contributed by atoms with Gasteiger partial charge in [0, 0.05) is 20.3 Å². The fourth-order valence-corrected chi connectivity index (χ4v) is 1.91. The van der Waals surface area contributed by atoms with E-state index in [0.29, 0.717) is 16.7 Å². The minimum absolute atomic E-state index is 0.00116. The lowest BCUT2D eigenvalue weighted by atomic mass is 10.1. The number of fused-ring (bicyclic) bond motifs is 1. The highest BCUT2D eigenvalue weighted by Crippen LogP contribution is 2.26. The first-order chi connectivity index (χ1) is 9.45. The molecule has 0 radical (unpaired) electrons. The van der Waals surface area contributed by atoms with Crippen LogP contribution < -0.4 is 10.6 Å². The molecule has 1 unspecified atom stereocenters. The number of hydrogen-bond donors (Lipinski definition) is 3. The molecule has 3 N–H and O–H groups in total. The number of aromatic nitrogens is 3. The van der Waals surface area contributed by atoms with Gasteiger partial charge in [0.15, 0.2) is 5.65 Å². The van der Waals surface area contributed by atoms with Crippen LogP contribution in [0.15, 0.2) is 12.4 Å². The van der Waals surface area contributed by atoms with E-state index in [4.69, 9.17) is 0 Å². The number of nitrogens with zero attached hydrogens (tertiary/aromatic N) is 3. The Kier molecular flexibility index (Phi) is 3.55. The Morgan fingerprint density at radius 2 is 2.10 bits per heavy atom. The van der Waals surface area contributed by atoms with Gasteiger partial charge in [-0.2, -0.15) is 5.10 Å². The molecule has 0 aliphatic rings. The Balaban J connectivity index is 2.55. The highest BCUT2D eigenvalue weighted by atomic mass is 16.4. The lowest BCUT2D eigenvalue weighted by Crippen LogP contribution is -2.35. The number of aryl methyl sites for hydroxylation is 1. The second kappa shape index (κ2) is 5.16. The molecule has 0 aromatic carbocycles. The molecule has 0 spiro atoms. The average Bonchev–Trinajstić information content (AvgIpc) is 2.80. The van der Waals surface area contributed by atoms with Crippen molar-refractivity contribution in [1.29, 1.82) is 0 Å². The number of likely N-dealkylation sites (N-methyl/N-ethyl adjacent to an activating group) is 1. The van der Waals surface area contributed by atoms with E-state index < -0.39 is 12.0 Å². The lowest BCUT2D eigenvalue weighted by Gasteiger charge is -2.16. The van der Waals surface area contributed by atoms with Gasteiger partial charge in [-0.3, -0.25) is 9.48 Å². The lowest BCUT2D eigenvalue weighted by molar-refractivity contribution is -0.121. The third-order valence-corrected chi connectivity index (χ3v) is 2.99. The molecule has 0 fully saturated rings. The molecule has 1 amide bonds. The number of amides is 1. The number of aromatic carboxylic acids is 1. The van der Waals surface area contributed by atoms with Crippen molar-refractivity contribution in [3.63, 3.8) is 0 Å². The van der Waals surface area contributed by atoms with Gasteiger partial charge in [0.25, 0.3) is 0 Å². The van der Waals surface area contributed by atoms with E-state index in [9.17, 15) is 14.7 Å². The molecule has 8 heteroatoms. The molecule has 106 valence electrons. The molecule has 8 nitrogen and oxygen atoms in total. The molecule has 0 bridgehead atoms. The van der Waals surface area contributed by atoms with Gasteiger partial charge in [0.05, 0.1) is 17.3 Å². The normalized spacial score (nSPS) is 12.2. The van der Waals surface area contributed by atoms with E-state index in [-0.39, 0.29) is 11.5 Å². The summed E-state index contributed by atoms with van der Waals surface area (Å²) in [7, 11) is 3.23. The van der Waals surface area contributed by atoms with Crippen molar-refractivity contribution in [2.75, 3.05) is 12.4 Å². The molecule has 0 saturated heterocycles. The molecule has 0 saturated carbocycles. The number of carboxylic acid groups (broad SMARTS) is 1. The van der Waals surface area contributed by atoms with Crippen LogP contribution in [0.5, 0.6) is 0 Å². The van der Waals surface area contributed by atoms with Gasteiger partial charge in [-0.25, -0.2) is 9.78 Å². The van der Waals surface area contributed by atoms with E-state index in [1.54, 1.807) is 14.0 Å². The van der Waals surface area contributed by atoms with Crippen LogP contribution in [0.25, 0.3) is 11.0 Å². The van der Waals surface area contributed by atoms with Crippen LogP contribution in [0.4, 0.5) is 5.69 Å². The monoisotopic (exact) mass is 277 g/mol. The third-order valence-electron chi connectivity index (χ3n) is 2.99. The minimum Gasteiger partial charge on any atom is -0.478 e. The molecule has 1 atom stereocenters. The van der Waals surface area contributed by atoms with Gasteiger partial charge in [-0.1, -0.05) is 0 Å². The van der Waals surface area contributed by atoms with Gasteiger partial charge < -0.3 is 15.7 Å². The van der Waals surface area contributed by atoms with E-state index in [1.165, 1.54) is 24.1 Å². The molecule has 0 aliphatic carbocycles. The standard InChI is InChI=1S/C12H15N5O3/c1-6(11(18)13-2)16-9-7-5-15-17(3)10(7)14-4-8(9)12(19)20/h4-6H,1-3H3,(H,13,18)(H,14,16)(H,19,20). The maximum atomic E-state index is 11.6. The molecule has 0 aliphatic heterocycles. The molecule has 2 aromatic rings. The number of pyridine rings is 1. The van der Waals surface area contributed by atoms with Crippen LogP contribution >= 0.6 is 0 Å². The smallest absolute Gasteiger partial charge is 0.339 e. The number of carbonyl (C=O) groups excluding carboxylic acids is 1. The van der Waals surface area contributed by atoms with Crippen LogP contribution in [0, 0.1) is 0 Å². The predicted octanol–water partition coefficient (Wildman–Crippen LogP) is 0.213. The quantitative estimate of drug-likeness (QED) is 0.737. The topological polar surface area (TPSA) is 109 Å². The zero-order valence-electron chi connectivity index (χ0n) is 11.3. The fraction of sp³-hybridized carbons (Fsp3) is 0.333. The Bertz CT molecular complexity index is 679. The van der Waals surface area contributed by atoms with Crippen LogP contribution in [0.1, 0.15) is 17.3 Å². The number of hydrogen-bond acceptors (Lipinski definition) is 5. The van der Waals surface area contributed by atoms with Crippen LogP contribution in [0.3, 0.4) is 0 Å². The van der Waals surface area contributed by atoms with Crippen molar-refractivity contribution < 1.29 is 14.7 Å². The van der Waals surface area contributed by atoms with E-state index in [1.807, 2.05) is 0 Å². The Labute approximate surface area is 114 Å². The van der Waals surface area contributed by atoms with Crippen LogP contribution in [-0.2, 0) is 11.8 Å². The number of rotatable bonds is 4. The van der Waals surface area contributed by atoms with Gasteiger partial charge in [0.1, 0.15) is 11.6 Å². The summed E-state index contributed by atoms with van der Waals surface area (Å²) in [6, 6.07) is -0.580. The number of carbonyl (C=O) groups is 2. The maximum absolute atomic E-state index is 11.6. The van der Waals surface area contributed by atoms with Gasteiger partial charge in [-0.05, 0) is 6.92 Å². The van der Waals surface area contributed by atoms with Crippen LogP contribution in [0.2, 0.25) is 0 Å². The number of anilines is 1. The Morgan fingerprint density at radius 1 is 1.40 bits per heavy atom. The van der Waals surface area contributed by atoms with Crippen molar-refractivity contribution in [3.8, 4) is 0 Å². The number of carboxylic acids is 1. The first-order valence-corrected chi connectivity index (χ1v) is 5.97. The second-order valence-electron chi connectivity index (χ2n) is 4.34. The molecule has 2 heterocycles. The molecule has 2 rings (SSSR count). The Hall–Kier alpha value is -2.64. The van der Waals surface area contributed by atoms with Gasteiger partial charge in [0.2, 0.25) is 5.91 Å². The van der Waals surface area contributed by atoms with Crippen molar-refractivity contribution >= 4 is 28.6 Å². The van der Waals surface area contributed by atoms with E-state index >= 15 is 0 Å². The van der Waals surface area contributed by atoms with Gasteiger partial charge >= 0.3 is 5.97 Å². The molecule has 20 heavy (non-hydrogen) atoms. The largest absolute Gasteiger partial charge is 0.478 e. The first-order valence-electron chi connectivity index (χ1n) is 5.97. The highest BCUT2D eigenvalue weighted by molar-refractivity contribution is 6.04. The summed E-state index contributed by atoms with van der Waals surface area (Å²) < 4.78 is 1.54. The van der Waals surface area contributed by atoms with Gasteiger partial charge in [-0.15, -0.1) is 0 Å². The maximum Gasteiger partial charge on any atom is 0.339 e.